The van der Waals surface area contributed by atoms with Crippen molar-refractivity contribution in [2.45, 2.75) is 13.8 Å². The van der Waals surface area contributed by atoms with E-state index in [1.807, 2.05) is 24.5 Å². The van der Waals surface area contributed by atoms with Gasteiger partial charge in [0.05, 0.1) is 29.6 Å². The third kappa shape index (κ3) is 1.35. The molecule has 0 unspecified atom stereocenters. The van der Waals surface area contributed by atoms with Gasteiger partial charge in [-0.3, -0.25) is 4.98 Å². The number of aryl methyl sites for hydroxylation is 1. The van der Waals surface area contributed by atoms with Crippen molar-refractivity contribution in [1.29, 1.82) is 0 Å². The number of rotatable bonds is 1. The van der Waals surface area contributed by atoms with Gasteiger partial charge in [0.2, 0.25) is 0 Å². The van der Waals surface area contributed by atoms with Gasteiger partial charge in [0.15, 0.2) is 0 Å². The lowest BCUT2D eigenvalue weighted by atomic mass is 10.3. The van der Waals surface area contributed by atoms with Gasteiger partial charge in [-0.25, -0.2) is 4.98 Å². The van der Waals surface area contributed by atoms with Gasteiger partial charge in [-0.2, -0.15) is 0 Å². The monoisotopic (exact) mass is 188 g/mol. The molecule has 0 radical (unpaired) electrons. The van der Waals surface area contributed by atoms with E-state index in [2.05, 4.69) is 9.97 Å². The zero-order valence-corrected chi connectivity index (χ0v) is 8.23. The van der Waals surface area contributed by atoms with Gasteiger partial charge in [-0.15, -0.1) is 0 Å². The van der Waals surface area contributed by atoms with E-state index < -0.39 is 0 Å². The summed E-state index contributed by atoms with van der Waals surface area (Å²) in [6.07, 6.45) is 5.17. The maximum Gasteiger partial charge on any atom is 0.0997 e. The fraction of sp³-hybridized carbons (Fsp3) is 0.200. The molecule has 2 N–H and O–H groups in total. The van der Waals surface area contributed by atoms with E-state index in [1.165, 1.54) is 0 Å². The number of nitrogens with two attached hydrogens (primary N) is 1. The number of imidazole rings is 1. The molecule has 2 aromatic heterocycles. The maximum atomic E-state index is 5.66. The van der Waals surface area contributed by atoms with Crippen LogP contribution in [0, 0.1) is 13.8 Å². The van der Waals surface area contributed by atoms with Crippen LogP contribution in [0.4, 0.5) is 5.69 Å². The maximum absolute atomic E-state index is 5.66. The Bertz CT molecular complexity index is 459. The van der Waals surface area contributed by atoms with Crippen LogP contribution in [0.5, 0.6) is 0 Å². The molecular formula is C10H12N4. The summed E-state index contributed by atoms with van der Waals surface area (Å²) in [5.41, 5.74) is 9.39. The van der Waals surface area contributed by atoms with Crippen LogP contribution in [-0.4, -0.2) is 14.5 Å². The molecule has 14 heavy (non-hydrogen) atoms. The number of aromatic nitrogens is 3. The highest BCUT2D eigenvalue weighted by Crippen LogP contribution is 2.14. The topological polar surface area (TPSA) is 56.7 Å². The lowest BCUT2D eigenvalue weighted by Gasteiger charge is -2.04. The predicted octanol–water partition coefficient (Wildman–Crippen LogP) is 1.47. The molecule has 0 bridgehead atoms. The number of hydrogen-bond donors (Lipinski definition) is 1. The van der Waals surface area contributed by atoms with Crippen molar-refractivity contribution in [1.82, 2.24) is 14.5 Å². The van der Waals surface area contributed by atoms with Crippen molar-refractivity contribution in [3.05, 3.63) is 36.2 Å². The number of pyridine rings is 1. The van der Waals surface area contributed by atoms with E-state index in [9.17, 15) is 0 Å². The molecule has 72 valence electrons. The first-order valence-electron chi connectivity index (χ1n) is 4.40. The molecule has 0 spiro atoms. The highest BCUT2D eigenvalue weighted by molar-refractivity contribution is 5.45. The molecule has 0 aromatic carbocycles. The summed E-state index contributed by atoms with van der Waals surface area (Å²) < 4.78 is 1.97. The van der Waals surface area contributed by atoms with Gasteiger partial charge in [0, 0.05) is 11.9 Å². The van der Waals surface area contributed by atoms with Crippen LogP contribution in [0.25, 0.3) is 5.69 Å². The molecule has 4 nitrogen and oxygen atoms in total. The zero-order chi connectivity index (χ0) is 10.1. The van der Waals surface area contributed by atoms with E-state index in [0.717, 1.165) is 17.1 Å². The first-order valence-corrected chi connectivity index (χ1v) is 4.40. The largest absolute Gasteiger partial charge is 0.397 e. The Balaban J connectivity index is 2.55. The third-order valence-corrected chi connectivity index (χ3v) is 2.27. The minimum atomic E-state index is 0.660. The average Bonchev–Trinajstić information content (AvgIpc) is 2.48. The Morgan fingerprint density at radius 2 is 2.07 bits per heavy atom. The molecular weight excluding hydrogens is 176 g/mol. The van der Waals surface area contributed by atoms with Crippen molar-refractivity contribution in [2.75, 3.05) is 5.73 Å². The molecule has 0 saturated heterocycles. The minimum Gasteiger partial charge on any atom is -0.397 e. The van der Waals surface area contributed by atoms with Crippen LogP contribution >= 0.6 is 0 Å². The first-order chi connectivity index (χ1) is 6.68. The highest BCUT2D eigenvalue weighted by Gasteiger charge is 2.04. The summed E-state index contributed by atoms with van der Waals surface area (Å²) in [7, 11) is 0. The molecule has 0 aliphatic rings. The molecule has 0 fully saturated rings. The summed E-state index contributed by atoms with van der Waals surface area (Å²) in [6, 6.07) is 1.88. The van der Waals surface area contributed by atoms with Crippen molar-refractivity contribution in [3.8, 4) is 5.69 Å². The summed E-state index contributed by atoms with van der Waals surface area (Å²) in [4.78, 5) is 8.25. The van der Waals surface area contributed by atoms with Crippen LogP contribution in [0.2, 0.25) is 0 Å². The fourth-order valence-electron chi connectivity index (χ4n) is 1.34. The highest BCUT2D eigenvalue weighted by atomic mass is 15.1. The molecule has 0 atom stereocenters. The molecule has 4 heteroatoms. The van der Waals surface area contributed by atoms with Gasteiger partial charge in [-0.1, -0.05) is 0 Å². The second kappa shape index (κ2) is 3.14. The van der Waals surface area contributed by atoms with E-state index in [1.54, 1.807) is 18.7 Å². The standard InChI is InChI=1S/C10H12N4/c1-7-8(2)14(6-13-7)10-3-9(11)4-12-5-10/h3-6H,11H2,1-2H3. The Morgan fingerprint density at radius 3 is 2.64 bits per heavy atom. The van der Waals surface area contributed by atoms with E-state index in [-0.39, 0.29) is 0 Å². The second-order valence-electron chi connectivity index (χ2n) is 3.26. The van der Waals surface area contributed by atoms with Crippen LogP contribution in [0.1, 0.15) is 11.4 Å². The number of nitrogens with zero attached hydrogens (tertiary/aromatic N) is 3. The summed E-state index contributed by atoms with van der Waals surface area (Å²) in [5.74, 6) is 0. The third-order valence-electron chi connectivity index (χ3n) is 2.27. The minimum absolute atomic E-state index is 0.660. The SMILES string of the molecule is Cc1ncn(-c2cncc(N)c2)c1C. The molecule has 0 amide bonds. The predicted molar refractivity (Wildman–Crippen MR) is 55.2 cm³/mol. The van der Waals surface area contributed by atoms with Gasteiger partial charge >= 0.3 is 0 Å². The Hall–Kier alpha value is -1.84. The van der Waals surface area contributed by atoms with Crippen molar-refractivity contribution < 1.29 is 0 Å². The normalized spacial score (nSPS) is 10.4. The Labute approximate surface area is 82.4 Å². The molecule has 0 saturated carbocycles. The van der Waals surface area contributed by atoms with Crippen LogP contribution in [-0.2, 0) is 0 Å². The van der Waals surface area contributed by atoms with Gasteiger partial charge in [-0.05, 0) is 19.9 Å². The molecule has 2 rings (SSSR count). The smallest absolute Gasteiger partial charge is 0.0997 e. The first kappa shape index (κ1) is 8.74. The van der Waals surface area contributed by atoms with Gasteiger partial charge < -0.3 is 10.3 Å². The van der Waals surface area contributed by atoms with Gasteiger partial charge in [0.1, 0.15) is 0 Å². The second-order valence-corrected chi connectivity index (χ2v) is 3.26. The molecule has 2 aromatic rings. The summed E-state index contributed by atoms with van der Waals surface area (Å²) >= 11 is 0. The van der Waals surface area contributed by atoms with Crippen molar-refractivity contribution in [2.24, 2.45) is 0 Å². The average molecular weight is 188 g/mol. The lowest BCUT2D eigenvalue weighted by Crippen LogP contribution is -1.97. The van der Waals surface area contributed by atoms with Crippen LogP contribution in [0.3, 0.4) is 0 Å². The number of anilines is 1. The zero-order valence-electron chi connectivity index (χ0n) is 8.23. The van der Waals surface area contributed by atoms with E-state index >= 15 is 0 Å². The quantitative estimate of drug-likeness (QED) is 0.737. The lowest BCUT2D eigenvalue weighted by molar-refractivity contribution is 0.989. The van der Waals surface area contributed by atoms with Gasteiger partial charge in [0.25, 0.3) is 0 Å². The summed E-state index contributed by atoms with van der Waals surface area (Å²) in [5, 5.41) is 0. The fourth-order valence-corrected chi connectivity index (χ4v) is 1.34. The summed E-state index contributed by atoms with van der Waals surface area (Å²) in [6.45, 7) is 4.00. The van der Waals surface area contributed by atoms with E-state index in [0.29, 0.717) is 5.69 Å². The number of hydrogen-bond acceptors (Lipinski definition) is 3. The molecule has 0 aliphatic carbocycles. The van der Waals surface area contributed by atoms with Crippen molar-refractivity contribution >= 4 is 5.69 Å². The molecule has 2 heterocycles. The van der Waals surface area contributed by atoms with Crippen LogP contribution < -0.4 is 5.73 Å². The van der Waals surface area contributed by atoms with Crippen molar-refractivity contribution in [3.63, 3.8) is 0 Å². The van der Waals surface area contributed by atoms with E-state index in [4.69, 9.17) is 5.73 Å². The Morgan fingerprint density at radius 1 is 1.29 bits per heavy atom. The Kier molecular flexibility index (Phi) is 1.96. The van der Waals surface area contributed by atoms with Crippen LogP contribution in [0.15, 0.2) is 24.8 Å². The molecule has 0 aliphatic heterocycles. The number of nitrogen functional groups attached to an aromatic ring is 1.